The molecule has 112 valence electrons. The largest absolute Gasteiger partial charge is 0.392 e. The minimum Gasteiger partial charge on any atom is -0.392 e. The molecule has 0 amide bonds. The summed E-state index contributed by atoms with van der Waals surface area (Å²) in [6.45, 7) is 2.56. The molecular weight excluding hydrogens is 302 g/mol. The fourth-order valence-electron chi connectivity index (χ4n) is 2.13. The van der Waals surface area contributed by atoms with E-state index in [1.807, 2.05) is 6.92 Å². The van der Waals surface area contributed by atoms with Gasteiger partial charge >= 0.3 is 0 Å². The minimum absolute atomic E-state index is 0.0845. The molecule has 0 aromatic heterocycles. The molecule has 0 saturated carbocycles. The van der Waals surface area contributed by atoms with Gasteiger partial charge in [-0.1, -0.05) is 17.7 Å². The van der Waals surface area contributed by atoms with E-state index in [1.165, 1.54) is 18.2 Å². The third kappa shape index (κ3) is 3.51. The highest BCUT2D eigenvalue weighted by atomic mass is 35.5. The first-order valence-corrected chi connectivity index (χ1v) is 8.25. The van der Waals surface area contributed by atoms with Crippen LogP contribution in [-0.4, -0.2) is 32.3 Å². The maximum absolute atomic E-state index is 12.2. The monoisotopic (exact) mass is 319 g/mol. The van der Waals surface area contributed by atoms with Gasteiger partial charge in [-0.2, -0.15) is 0 Å². The molecule has 5 nitrogen and oxygen atoms in total. The fraction of sp³-hybridized carbons (Fsp3) is 0.538. The predicted molar refractivity (Wildman–Crippen MR) is 76.2 cm³/mol. The number of benzene rings is 1. The number of aliphatic hydroxyl groups is 1. The Bertz CT molecular complexity index is 582. The van der Waals surface area contributed by atoms with Gasteiger partial charge in [0.15, 0.2) is 0 Å². The highest BCUT2D eigenvalue weighted by Gasteiger charge is 2.31. The van der Waals surface area contributed by atoms with Crippen LogP contribution >= 0.6 is 11.6 Å². The molecule has 7 heteroatoms. The van der Waals surface area contributed by atoms with Crippen molar-refractivity contribution >= 4 is 21.6 Å². The van der Waals surface area contributed by atoms with Crippen LogP contribution in [0.3, 0.4) is 0 Å². The summed E-state index contributed by atoms with van der Waals surface area (Å²) in [5.74, 6) is 0. The van der Waals surface area contributed by atoms with E-state index in [2.05, 4.69) is 4.72 Å². The van der Waals surface area contributed by atoms with Gasteiger partial charge in [-0.25, -0.2) is 13.1 Å². The Morgan fingerprint density at radius 3 is 2.80 bits per heavy atom. The van der Waals surface area contributed by atoms with E-state index in [0.717, 1.165) is 12.8 Å². The quantitative estimate of drug-likeness (QED) is 0.866. The van der Waals surface area contributed by atoms with Crippen LogP contribution < -0.4 is 4.72 Å². The zero-order chi connectivity index (χ0) is 14.8. The number of hydrogen-bond acceptors (Lipinski definition) is 4. The van der Waals surface area contributed by atoms with Crippen LogP contribution in [0.1, 0.15) is 25.3 Å². The normalized spacial score (nSPS) is 23.1. The molecule has 1 aliphatic heterocycles. The smallest absolute Gasteiger partial charge is 0.240 e. The number of aliphatic hydroxyl groups excluding tert-OH is 1. The molecule has 0 bridgehead atoms. The highest BCUT2D eigenvalue weighted by Crippen LogP contribution is 2.25. The standard InChI is InChI=1S/C13H18ClNO4S/c1-13(5-2-6-19-13)9-15-20(17,18)11-4-3-10(8-16)12(14)7-11/h3-4,7,15-16H,2,5-6,8-9H2,1H3. The van der Waals surface area contributed by atoms with Gasteiger partial charge in [0, 0.05) is 18.2 Å². The van der Waals surface area contributed by atoms with Crippen LogP contribution in [0.25, 0.3) is 0 Å². The number of halogens is 1. The summed E-state index contributed by atoms with van der Waals surface area (Å²) >= 11 is 5.91. The number of hydrogen-bond donors (Lipinski definition) is 2. The van der Waals surface area contributed by atoms with Crippen LogP contribution in [0.4, 0.5) is 0 Å². The Labute approximate surface area is 124 Å². The number of ether oxygens (including phenoxy) is 1. The lowest BCUT2D eigenvalue weighted by Crippen LogP contribution is -2.40. The van der Waals surface area contributed by atoms with E-state index in [0.29, 0.717) is 12.2 Å². The molecule has 0 spiro atoms. The van der Waals surface area contributed by atoms with Crippen molar-refractivity contribution in [3.05, 3.63) is 28.8 Å². The number of sulfonamides is 1. The molecule has 0 aliphatic carbocycles. The van der Waals surface area contributed by atoms with Crippen molar-refractivity contribution in [3.8, 4) is 0 Å². The first-order valence-electron chi connectivity index (χ1n) is 6.39. The average molecular weight is 320 g/mol. The SMILES string of the molecule is CC1(CNS(=O)(=O)c2ccc(CO)c(Cl)c2)CCCO1. The van der Waals surface area contributed by atoms with E-state index in [4.69, 9.17) is 21.4 Å². The summed E-state index contributed by atoms with van der Waals surface area (Å²) in [4.78, 5) is 0.0845. The van der Waals surface area contributed by atoms with Gasteiger partial charge in [0.2, 0.25) is 10.0 Å². The maximum Gasteiger partial charge on any atom is 0.240 e. The van der Waals surface area contributed by atoms with Gasteiger partial charge in [0.25, 0.3) is 0 Å². The van der Waals surface area contributed by atoms with Gasteiger partial charge < -0.3 is 9.84 Å². The van der Waals surface area contributed by atoms with Crippen LogP contribution in [0.15, 0.2) is 23.1 Å². The molecule has 1 aliphatic rings. The molecule has 1 unspecified atom stereocenters. The van der Waals surface area contributed by atoms with Crippen molar-refractivity contribution in [1.29, 1.82) is 0 Å². The summed E-state index contributed by atoms with van der Waals surface area (Å²) in [6, 6.07) is 4.27. The molecule has 2 N–H and O–H groups in total. The highest BCUT2D eigenvalue weighted by molar-refractivity contribution is 7.89. The van der Waals surface area contributed by atoms with Crippen LogP contribution in [0.2, 0.25) is 5.02 Å². The predicted octanol–water partition coefficient (Wildman–Crippen LogP) is 1.68. The summed E-state index contributed by atoms with van der Waals surface area (Å²) in [6.07, 6.45) is 1.77. The van der Waals surface area contributed by atoms with Crippen molar-refractivity contribution in [2.45, 2.75) is 36.9 Å². The second kappa shape index (κ2) is 5.99. The van der Waals surface area contributed by atoms with E-state index in [1.54, 1.807) is 0 Å². The topological polar surface area (TPSA) is 75.6 Å². The summed E-state index contributed by atoms with van der Waals surface area (Å²) in [5, 5.41) is 9.26. The third-order valence-corrected chi connectivity index (χ3v) is 5.19. The Morgan fingerprint density at radius 2 is 2.25 bits per heavy atom. The lowest BCUT2D eigenvalue weighted by Gasteiger charge is -2.23. The zero-order valence-electron chi connectivity index (χ0n) is 11.2. The van der Waals surface area contributed by atoms with E-state index in [-0.39, 0.29) is 23.1 Å². The van der Waals surface area contributed by atoms with Gasteiger partial charge in [0.05, 0.1) is 17.1 Å². The third-order valence-electron chi connectivity index (χ3n) is 3.44. The molecule has 1 heterocycles. The molecular formula is C13H18ClNO4S. The fourth-order valence-corrected chi connectivity index (χ4v) is 3.62. The van der Waals surface area contributed by atoms with Crippen molar-refractivity contribution in [3.63, 3.8) is 0 Å². The van der Waals surface area contributed by atoms with Crippen LogP contribution in [0.5, 0.6) is 0 Å². The lowest BCUT2D eigenvalue weighted by atomic mass is 10.0. The van der Waals surface area contributed by atoms with Crippen molar-refractivity contribution in [2.75, 3.05) is 13.2 Å². The number of nitrogens with one attached hydrogen (secondary N) is 1. The second-order valence-electron chi connectivity index (χ2n) is 5.14. The number of rotatable bonds is 5. The molecule has 0 radical (unpaired) electrons. The Hall–Kier alpha value is -0.660. The second-order valence-corrected chi connectivity index (χ2v) is 7.31. The molecule has 2 rings (SSSR count). The molecule has 1 fully saturated rings. The van der Waals surface area contributed by atoms with Gasteiger partial charge in [-0.3, -0.25) is 0 Å². The van der Waals surface area contributed by atoms with Gasteiger partial charge in [-0.15, -0.1) is 0 Å². The van der Waals surface area contributed by atoms with E-state index < -0.39 is 15.6 Å². The first-order chi connectivity index (χ1) is 9.36. The Balaban J connectivity index is 2.12. The van der Waals surface area contributed by atoms with E-state index >= 15 is 0 Å². The molecule has 1 aromatic rings. The van der Waals surface area contributed by atoms with Crippen molar-refractivity contribution in [2.24, 2.45) is 0 Å². The van der Waals surface area contributed by atoms with Crippen molar-refractivity contribution in [1.82, 2.24) is 4.72 Å². The minimum atomic E-state index is -3.63. The summed E-state index contributed by atoms with van der Waals surface area (Å²) < 4.78 is 32.5. The van der Waals surface area contributed by atoms with Crippen LogP contribution in [0, 0.1) is 0 Å². The summed E-state index contributed by atoms with van der Waals surface area (Å²) in [5.41, 5.74) is 0.0544. The van der Waals surface area contributed by atoms with E-state index in [9.17, 15) is 8.42 Å². The maximum atomic E-state index is 12.2. The molecule has 1 aromatic carbocycles. The first kappa shape index (κ1) is 15.7. The summed E-state index contributed by atoms with van der Waals surface area (Å²) in [7, 11) is -3.63. The molecule has 20 heavy (non-hydrogen) atoms. The molecule has 1 saturated heterocycles. The van der Waals surface area contributed by atoms with Gasteiger partial charge in [0.1, 0.15) is 0 Å². The molecule has 1 atom stereocenters. The average Bonchev–Trinajstić information content (AvgIpc) is 2.84. The van der Waals surface area contributed by atoms with Gasteiger partial charge in [-0.05, 0) is 37.5 Å². The zero-order valence-corrected chi connectivity index (χ0v) is 12.8. The Morgan fingerprint density at radius 1 is 1.50 bits per heavy atom. The van der Waals surface area contributed by atoms with Crippen LogP contribution in [-0.2, 0) is 21.4 Å². The van der Waals surface area contributed by atoms with Crippen molar-refractivity contribution < 1.29 is 18.3 Å². The lowest BCUT2D eigenvalue weighted by molar-refractivity contribution is 0.0250. The Kier molecular flexibility index (Phi) is 4.71.